The number of carbonyl (C=O) groups excluding carboxylic acids is 2. The lowest BCUT2D eigenvalue weighted by molar-refractivity contribution is -0.123. The third-order valence-electron chi connectivity index (χ3n) is 5.58. The normalized spacial score (nSPS) is 17.1. The third kappa shape index (κ3) is 10.5. The maximum Gasteiger partial charge on any atom is 0.290 e. The molecule has 0 spiro atoms. The first kappa shape index (κ1) is 28.7. The molecular formula is C21H34N6O7. The Bertz CT molecular complexity index is 820. The number of aromatic nitrogens is 2. The molecular weight excluding hydrogens is 448 g/mol. The van der Waals surface area contributed by atoms with E-state index in [1.807, 2.05) is 0 Å². The highest BCUT2D eigenvalue weighted by Gasteiger charge is 2.26. The van der Waals surface area contributed by atoms with Gasteiger partial charge in [-0.1, -0.05) is 0 Å². The van der Waals surface area contributed by atoms with Crippen LogP contribution in [0.2, 0.25) is 0 Å². The molecule has 0 unspecified atom stereocenters. The second-order valence-electron chi connectivity index (χ2n) is 7.95. The van der Waals surface area contributed by atoms with Crippen LogP contribution in [0.5, 0.6) is 0 Å². The molecule has 2 aliphatic rings. The summed E-state index contributed by atoms with van der Waals surface area (Å²) in [5.41, 5.74) is -0.515. The van der Waals surface area contributed by atoms with Gasteiger partial charge in [-0.3, -0.25) is 28.9 Å². The van der Waals surface area contributed by atoms with Crippen molar-refractivity contribution in [2.45, 2.75) is 19.3 Å². The zero-order valence-corrected chi connectivity index (χ0v) is 19.4. The van der Waals surface area contributed by atoms with Gasteiger partial charge in [0.1, 0.15) is 0 Å². The van der Waals surface area contributed by atoms with Crippen molar-refractivity contribution in [2.75, 3.05) is 59.4 Å². The summed E-state index contributed by atoms with van der Waals surface area (Å²) in [7, 11) is 2.12. The summed E-state index contributed by atoms with van der Waals surface area (Å²) in [4.78, 5) is 65.7. The lowest BCUT2D eigenvalue weighted by atomic mass is 9.96. The molecule has 2 aliphatic heterocycles. The summed E-state index contributed by atoms with van der Waals surface area (Å²) in [6.45, 7) is 5.72. The van der Waals surface area contributed by atoms with Gasteiger partial charge < -0.3 is 30.3 Å². The van der Waals surface area contributed by atoms with Crippen LogP contribution in [0.4, 0.5) is 0 Å². The van der Waals surface area contributed by atoms with Gasteiger partial charge in [0, 0.05) is 45.1 Å². The molecule has 0 aromatic carbocycles. The van der Waals surface area contributed by atoms with Gasteiger partial charge >= 0.3 is 0 Å². The Morgan fingerprint density at radius 2 is 1.76 bits per heavy atom. The number of rotatable bonds is 5. The second kappa shape index (κ2) is 16.3. The van der Waals surface area contributed by atoms with Gasteiger partial charge in [-0.15, -0.1) is 0 Å². The van der Waals surface area contributed by atoms with Crippen LogP contribution in [0.25, 0.3) is 0 Å². The van der Waals surface area contributed by atoms with Crippen molar-refractivity contribution >= 4 is 24.8 Å². The average molecular weight is 483 g/mol. The fourth-order valence-electron chi connectivity index (χ4n) is 3.77. The minimum absolute atomic E-state index is 0.0580. The number of carbonyl (C=O) groups is 4. The van der Waals surface area contributed by atoms with E-state index < -0.39 is 5.56 Å². The van der Waals surface area contributed by atoms with Gasteiger partial charge in [0.25, 0.3) is 24.4 Å². The van der Waals surface area contributed by atoms with Crippen molar-refractivity contribution in [2.24, 2.45) is 5.92 Å². The maximum atomic E-state index is 12.4. The number of nitrogens with zero attached hydrogens (tertiary/aromatic N) is 4. The van der Waals surface area contributed by atoms with Crippen LogP contribution in [0.15, 0.2) is 17.2 Å². The predicted octanol–water partition coefficient (Wildman–Crippen LogP) is -1.22. The van der Waals surface area contributed by atoms with Crippen LogP contribution < -0.4 is 10.9 Å². The van der Waals surface area contributed by atoms with E-state index >= 15 is 0 Å². The molecule has 190 valence electrons. The molecule has 13 heteroatoms. The van der Waals surface area contributed by atoms with Crippen molar-refractivity contribution in [3.63, 3.8) is 0 Å². The Morgan fingerprint density at radius 1 is 1.12 bits per heavy atom. The summed E-state index contributed by atoms with van der Waals surface area (Å²) in [5.74, 6) is 0.101. The van der Waals surface area contributed by atoms with E-state index in [-0.39, 0.29) is 30.5 Å². The number of hydrogen-bond donors (Lipinski definition) is 4. The molecule has 0 aliphatic carbocycles. The number of piperidine rings is 1. The number of carboxylic acid groups (broad SMARTS) is 2. The number of nitrogens with one attached hydrogen (secondary N) is 2. The molecule has 3 rings (SSSR count). The SMILES string of the molecule is CN1CCCN(CC(=O)NCC2CCN(C(=O)c3ncc[nH]c3=O)CC2)CC1.O=CO.O=CO. The number of likely N-dealkylation sites (N-methyl/N-ethyl adjacent to an activating group) is 1. The minimum atomic E-state index is -0.457. The summed E-state index contributed by atoms with van der Waals surface area (Å²) >= 11 is 0. The zero-order chi connectivity index (χ0) is 25.3. The lowest BCUT2D eigenvalue weighted by Gasteiger charge is -2.31. The van der Waals surface area contributed by atoms with Crippen molar-refractivity contribution in [3.05, 3.63) is 28.4 Å². The first-order valence-electron chi connectivity index (χ1n) is 11.0. The monoisotopic (exact) mass is 482 g/mol. The molecule has 4 N–H and O–H groups in total. The van der Waals surface area contributed by atoms with Gasteiger partial charge in [-0.25, -0.2) is 4.98 Å². The maximum absolute atomic E-state index is 12.4. The van der Waals surface area contributed by atoms with Gasteiger partial charge in [0.2, 0.25) is 5.91 Å². The van der Waals surface area contributed by atoms with Crippen LogP contribution in [0.1, 0.15) is 29.8 Å². The quantitative estimate of drug-likeness (QED) is 0.372. The molecule has 13 nitrogen and oxygen atoms in total. The highest BCUT2D eigenvalue weighted by atomic mass is 16.3. The number of likely N-dealkylation sites (tertiary alicyclic amines) is 1. The van der Waals surface area contributed by atoms with E-state index in [1.165, 1.54) is 12.4 Å². The molecule has 3 heterocycles. The van der Waals surface area contributed by atoms with E-state index in [4.69, 9.17) is 19.8 Å². The molecule has 2 amide bonds. The lowest BCUT2D eigenvalue weighted by Crippen LogP contribution is -2.44. The van der Waals surface area contributed by atoms with Crippen molar-refractivity contribution < 1.29 is 29.4 Å². The fourth-order valence-corrected chi connectivity index (χ4v) is 3.77. The molecule has 34 heavy (non-hydrogen) atoms. The Balaban J connectivity index is 0.000000872. The van der Waals surface area contributed by atoms with Gasteiger partial charge in [-0.2, -0.15) is 0 Å². The molecule has 0 saturated carbocycles. The number of aromatic amines is 1. The largest absolute Gasteiger partial charge is 0.483 e. The Labute approximate surface area is 197 Å². The van der Waals surface area contributed by atoms with Gasteiger partial charge in [0.15, 0.2) is 5.69 Å². The van der Waals surface area contributed by atoms with Gasteiger partial charge in [-0.05, 0) is 45.3 Å². The summed E-state index contributed by atoms with van der Waals surface area (Å²) < 4.78 is 0. The third-order valence-corrected chi connectivity index (χ3v) is 5.58. The second-order valence-corrected chi connectivity index (χ2v) is 7.95. The van der Waals surface area contributed by atoms with E-state index in [0.29, 0.717) is 32.1 Å². The van der Waals surface area contributed by atoms with Crippen LogP contribution in [0, 0.1) is 5.92 Å². The highest BCUT2D eigenvalue weighted by Crippen LogP contribution is 2.17. The summed E-state index contributed by atoms with van der Waals surface area (Å²) in [6.07, 6.45) is 5.54. The van der Waals surface area contributed by atoms with E-state index in [1.54, 1.807) is 4.90 Å². The van der Waals surface area contributed by atoms with Crippen molar-refractivity contribution in [1.29, 1.82) is 0 Å². The Hall–Kier alpha value is -3.32. The van der Waals surface area contributed by atoms with Crippen LogP contribution >= 0.6 is 0 Å². The Kier molecular flexibility index (Phi) is 13.8. The average Bonchev–Trinajstić information content (AvgIpc) is 3.03. The van der Waals surface area contributed by atoms with E-state index in [2.05, 4.69) is 32.1 Å². The highest BCUT2D eigenvalue weighted by molar-refractivity contribution is 5.91. The molecule has 2 saturated heterocycles. The van der Waals surface area contributed by atoms with Crippen molar-refractivity contribution in [1.82, 2.24) is 30.0 Å². The minimum Gasteiger partial charge on any atom is -0.483 e. The van der Waals surface area contributed by atoms with Crippen LogP contribution in [-0.4, -0.2) is 119 Å². The summed E-state index contributed by atoms with van der Waals surface area (Å²) in [5, 5.41) is 16.8. The zero-order valence-electron chi connectivity index (χ0n) is 19.4. The molecule has 0 atom stereocenters. The van der Waals surface area contributed by atoms with E-state index in [0.717, 1.165) is 45.4 Å². The van der Waals surface area contributed by atoms with Crippen molar-refractivity contribution in [3.8, 4) is 0 Å². The smallest absolute Gasteiger partial charge is 0.290 e. The molecule has 1 aromatic rings. The molecule has 2 fully saturated rings. The molecule has 0 bridgehead atoms. The molecule has 0 radical (unpaired) electrons. The predicted molar refractivity (Wildman–Crippen MR) is 122 cm³/mol. The number of hydrogen-bond acceptors (Lipinski definition) is 8. The molecule has 1 aromatic heterocycles. The first-order chi connectivity index (χ1) is 16.4. The fraction of sp³-hybridized carbons (Fsp3) is 0.619. The van der Waals surface area contributed by atoms with Crippen LogP contribution in [-0.2, 0) is 14.4 Å². The van der Waals surface area contributed by atoms with Crippen LogP contribution in [0.3, 0.4) is 0 Å². The standard InChI is InChI=1S/C19H30N6O3.2CH2O2/c1-23-7-2-8-24(12-11-23)14-16(26)22-13-15-3-9-25(10-4-15)19(28)17-18(27)21-6-5-20-17;2*2-1-3/h5-6,15H,2-4,7-14H2,1H3,(H,21,27)(H,22,26);2*1H,(H,2,3). The number of H-pyrrole nitrogens is 1. The topological polar surface area (TPSA) is 176 Å². The van der Waals surface area contributed by atoms with E-state index in [9.17, 15) is 14.4 Å². The van der Waals surface area contributed by atoms with Gasteiger partial charge in [0.05, 0.1) is 6.54 Å². The number of amides is 2. The Morgan fingerprint density at radius 3 is 2.38 bits per heavy atom. The summed E-state index contributed by atoms with van der Waals surface area (Å²) in [6, 6.07) is 0. The first-order valence-corrected chi connectivity index (χ1v) is 11.0.